The first-order valence-corrected chi connectivity index (χ1v) is 11.6. The number of rotatable bonds is 9. The lowest BCUT2D eigenvalue weighted by molar-refractivity contribution is -0.121. The van der Waals surface area contributed by atoms with Gasteiger partial charge in [0.2, 0.25) is 17.6 Å². The molecule has 2 heterocycles. The smallest absolute Gasteiger partial charge is 0.253 e. The minimum Gasteiger partial charge on any atom is -0.497 e. The quantitative estimate of drug-likeness (QED) is 0.456. The fourth-order valence-electron chi connectivity index (χ4n) is 4.01. The van der Waals surface area contributed by atoms with Gasteiger partial charge in [0.25, 0.3) is 5.91 Å². The summed E-state index contributed by atoms with van der Waals surface area (Å²) in [4.78, 5) is 32.0. The van der Waals surface area contributed by atoms with E-state index >= 15 is 0 Å². The molecule has 2 aromatic carbocycles. The van der Waals surface area contributed by atoms with Gasteiger partial charge in [-0.25, -0.2) is 0 Å². The predicted octanol–water partition coefficient (Wildman–Crippen LogP) is 3.51. The Labute approximate surface area is 204 Å². The van der Waals surface area contributed by atoms with E-state index in [2.05, 4.69) is 32.3 Å². The first kappa shape index (κ1) is 24.2. The highest BCUT2D eigenvalue weighted by atomic mass is 16.5. The molecular weight excluding hydrogens is 446 g/mol. The number of para-hydroxylation sites is 1. The van der Waals surface area contributed by atoms with Crippen molar-refractivity contribution in [3.8, 4) is 17.1 Å². The van der Waals surface area contributed by atoms with Gasteiger partial charge >= 0.3 is 0 Å². The van der Waals surface area contributed by atoms with Gasteiger partial charge in [-0.2, -0.15) is 4.98 Å². The molecule has 35 heavy (non-hydrogen) atoms. The second-order valence-corrected chi connectivity index (χ2v) is 8.32. The van der Waals surface area contributed by atoms with Gasteiger partial charge in [0.15, 0.2) is 0 Å². The van der Waals surface area contributed by atoms with Gasteiger partial charge in [0.05, 0.1) is 24.9 Å². The Kier molecular flexibility index (Phi) is 7.89. The number of piperidine rings is 1. The SMILES string of the molecule is C=CCNC(=O)c1ccccc1NC(=O)C1CCN(Cc2nc(-c3ccc(OC)cc3)no2)CC1. The molecule has 0 atom stereocenters. The van der Waals surface area contributed by atoms with Crippen LogP contribution in [0.3, 0.4) is 0 Å². The van der Waals surface area contributed by atoms with Gasteiger partial charge in [-0.1, -0.05) is 23.4 Å². The van der Waals surface area contributed by atoms with Crippen molar-refractivity contribution in [1.82, 2.24) is 20.4 Å². The van der Waals surface area contributed by atoms with Crippen LogP contribution >= 0.6 is 0 Å². The van der Waals surface area contributed by atoms with Crippen LogP contribution in [0, 0.1) is 5.92 Å². The lowest BCUT2D eigenvalue weighted by Crippen LogP contribution is -2.38. The molecule has 4 rings (SSSR count). The van der Waals surface area contributed by atoms with Crippen molar-refractivity contribution in [3.05, 3.63) is 72.6 Å². The van der Waals surface area contributed by atoms with Crippen molar-refractivity contribution in [2.24, 2.45) is 5.92 Å². The second kappa shape index (κ2) is 11.4. The van der Waals surface area contributed by atoms with Crippen molar-refractivity contribution < 1.29 is 18.8 Å². The van der Waals surface area contributed by atoms with Gasteiger partial charge in [-0.05, 0) is 62.3 Å². The van der Waals surface area contributed by atoms with Crippen molar-refractivity contribution in [1.29, 1.82) is 0 Å². The van der Waals surface area contributed by atoms with E-state index < -0.39 is 0 Å². The molecule has 182 valence electrons. The third-order valence-electron chi connectivity index (χ3n) is 5.97. The van der Waals surface area contributed by atoms with Gasteiger partial charge in [0.1, 0.15) is 5.75 Å². The molecule has 0 spiro atoms. The van der Waals surface area contributed by atoms with E-state index in [0.717, 1.165) is 24.4 Å². The summed E-state index contributed by atoms with van der Waals surface area (Å²) < 4.78 is 10.6. The number of methoxy groups -OCH3 is 1. The zero-order valence-electron chi connectivity index (χ0n) is 19.7. The number of carbonyl (C=O) groups excluding carboxylic acids is 2. The van der Waals surface area contributed by atoms with E-state index in [4.69, 9.17) is 9.26 Å². The topological polar surface area (TPSA) is 110 Å². The van der Waals surface area contributed by atoms with Crippen molar-refractivity contribution in [2.45, 2.75) is 19.4 Å². The second-order valence-electron chi connectivity index (χ2n) is 8.32. The van der Waals surface area contributed by atoms with Crippen LogP contribution < -0.4 is 15.4 Å². The van der Waals surface area contributed by atoms with Crippen molar-refractivity contribution in [3.63, 3.8) is 0 Å². The number of anilines is 1. The molecule has 0 aliphatic carbocycles. The van der Waals surface area contributed by atoms with E-state index in [1.165, 1.54) is 0 Å². The van der Waals surface area contributed by atoms with E-state index in [0.29, 0.717) is 48.9 Å². The fourth-order valence-corrected chi connectivity index (χ4v) is 4.01. The zero-order chi connectivity index (χ0) is 24.6. The monoisotopic (exact) mass is 475 g/mol. The van der Waals surface area contributed by atoms with Crippen LogP contribution in [-0.4, -0.2) is 53.6 Å². The molecule has 2 amide bonds. The van der Waals surface area contributed by atoms with Crippen molar-refractivity contribution >= 4 is 17.5 Å². The maximum atomic E-state index is 12.9. The molecule has 9 nitrogen and oxygen atoms in total. The number of hydrogen-bond donors (Lipinski definition) is 2. The lowest BCUT2D eigenvalue weighted by Gasteiger charge is -2.30. The highest BCUT2D eigenvalue weighted by molar-refractivity contribution is 6.04. The number of carbonyl (C=O) groups is 2. The van der Waals surface area contributed by atoms with Crippen LogP contribution in [0.15, 0.2) is 65.7 Å². The number of ether oxygens (including phenoxy) is 1. The summed E-state index contributed by atoms with van der Waals surface area (Å²) >= 11 is 0. The Morgan fingerprint density at radius 2 is 1.91 bits per heavy atom. The van der Waals surface area contributed by atoms with Crippen molar-refractivity contribution in [2.75, 3.05) is 32.1 Å². The molecule has 0 bridgehead atoms. The third-order valence-corrected chi connectivity index (χ3v) is 5.97. The molecule has 3 aromatic rings. The van der Waals surface area contributed by atoms with E-state index in [1.54, 1.807) is 37.5 Å². The highest BCUT2D eigenvalue weighted by Crippen LogP contribution is 2.24. The number of amides is 2. The minimum atomic E-state index is -0.246. The molecule has 1 fully saturated rings. The standard InChI is InChI=1S/C26H29N5O4/c1-3-14-27-26(33)21-6-4-5-7-22(21)28-25(32)19-12-15-31(16-13-19)17-23-29-24(30-35-23)18-8-10-20(34-2)11-9-18/h3-11,19H,1,12-17H2,2H3,(H,27,33)(H,28,32). The molecule has 0 radical (unpaired) electrons. The summed E-state index contributed by atoms with van der Waals surface area (Å²) in [6.45, 7) is 5.97. The summed E-state index contributed by atoms with van der Waals surface area (Å²) in [5.41, 5.74) is 1.80. The Bertz CT molecular complexity index is 1170. The average molecular weight is 476 g/mol. The number of likely N-dealkylation sites (tertiary alicyclic amines) is 1. The summed E-state index contributed by atoms with van der Waals surface area (Å²) in [5.74, 6) is 1.39. The molecular formula is C26H29N5O4. The van der Waals surface area contributed by atoms with Gasteiger partial charge in [0, 0.05) is 18.0 Å². The maximum absolute atomic E-state index is 12.9. The zero-order valence-corrected chi connectivity index (χ0v) is 19.7. The molecule has 0 unspecified atom stereocenters. The number of benzene rings is 2. The van der Waals surface area contributed by atoms with Crippen LogP contribution in [0.25, 0.3) is 11.4 Å². The van der Waals surface area contributed by atoms with Gasteiger partial charge in [-0.3, -0.25) is 14.5 Å². The largest absolute Gasteiger partial charge is 0.497 e. The highest BCUT2D eigenvalue weighted by Gasteiger charge is 2.27. The molecule has 0 saturated carbocycles. The predicted molar refractivity (Wildman–Crippen MR) is 132 cm³/mol. The average Bonchev–Trinajstić information content (AvgIpc) is 3.36. The summed E-state index contributed by atoms with van der Waals surface area (Å²) in [7, 11) is 1.62. The lowest BCUT2D eigenvalue weighted by atomic mass is 9.95. The summed E-state index contributed by atoms with van der Waals surface area (Å²) in [6, 6.07) is 14.5. The molecule has 1 saturated heterocycles. The summed E-state index contributed by atoms with van der Waals surface area (Å²) in [5, 5.41) is 9.77. The normalized spacial score (nSPS) is 14.3. The van der Waals surface area contributed by atoms with Gasteiger partial charge in [-0.15, -0.1) is 6.58 Å². The number of aromatic nitrogens is 2. The van der Waals surface area contributed by atoms with Crippen LogP contribution in [0.4, 0.5) is 5.69 Å². The van der Waals surface area contributed by atoms with Gasteiger partial charge < -0.3 is 19.9 Å². The Balaban J connectivity index is 1.29. The number of nitrogens with zero attached hydrogens (tertiary/aromatic N) is 3. The Morgan fingerprint density at radius 3 is 2.63 bits per heavy atom. The van der Waals surface area contributed by atoms with E-state index in [-0.39, 0.29) is 17.7 Å². The molecule has 2 N–H and O–H groups in total. The van der Waals surface area contributed by atoms with Crippen LogP contribution in [0.5, 0.6) is 5.75 Å². The Morgan fingerprint density at radius 1 is 1.17 bits per heavy atom. The van der Waals surface area contributed by atoms with E-state index in [9.17, 15) is 9.59 Å². The minimum absolute atomic E-state index is 0.0757. The van der Waals surface area contributed by atoms with Crippen LogP contribution in [0.2, 0.25) is 0 Å². The molecule has 1 aliphatic rings. The van der Waals surface area contributed by atoms with Crippen LogP contribution in [-0.2, 0) is 11.3 Å². The number of hydrogen-bond acceptors (Lipinski definition) is 7. The molecule has 1 aromatic heterocycles. The van der Waals surface area contributed by atoms with Crippen LogP contribution in [0.1, 0.15) is 29.1 Å². The first-order valence-electron chi connectivity index (χ1n) is 11.6. The molecule has 1 aliphatic heterocycles. The Hall–Kier alpha value is -3.98. The first-order chi connectivity index (χ1) is 17.1. The fraction of sp³-hybridized carbons (Fsp3) is 0.308. The number of nitrogens with one attached hydrogen (secondary N) is 2. The summed E-state index contributed by atoms with van der Waals surface area (Å²) in [6.07, 6.45) is 3.02. The third kappa shape index (κ3) is 6.13. The maximum Gasteiger partial charge on any atom is 0.253 e. The van der Waals surface area contributed by atoms with E-state index in [1.807, 2.05) is 24.3 Å². The molecule has 9 heteroatoms.